The molecule has 84 valence electrons. The highest BCUT2D eigenvalue weighted by atomic mass is 32.3. The van der Waals surface area contributed by atoms with Gasteiger partial charge in [-0.3, -0.25) is 8.42 Å². The minimum Gasteiger partial charge on any atom is -0.855 e. The molecule has 0 radical (unpaired) electrons. The van der Waals surface area contributed by atoms with E-state index >= 15 is 0 Å². The Morgan fingerprint density at radius 2 is 1.08 bits per heavy atom. The van der Waals surface area contributed by atoms with Gasteiger partial charge < -0.3 is 38.1 Å². The molecule has 0 unspecified atom stereocenters. The van der Waals surface area contributed by atoms with Crippen LogP contribution < -0.4 is 23.6 Å². The summed E-state index contributed by atoms with van der Waals surface area (Å²) in [5, 5.41) is 8.93. The van der Waals surface area contributed by atoms with Crippen LogP contribution in [-0.4, -0.2) is 29.6 Å². The fourth-order valence-electron chi connectivity index (χ4n) is 0. The molecule has 0 spiro atoms. The van der Waals surface area contributed by atoms with Gasteiger partial charge in [-0.2, -0.15) is 0 Å². The Bertz CT molecular complexity index is 115. The van der Waals surface area contributed by atoms with Crippen LogP contribution in [-0.2, 0) is 10.4 Å². The van der Waals surface area contributed by atoms with Gasteiger partial charge in [-0.15, -0.1) is 6.61 Å². The fraction of sp³-hybridized carbons (Fsp3) is 1.00. The zero-order valence-corrected chi connectivity index (χ0v) is 8.47. The van der Waals surface area contributed by atoms with Gasteiger partial charge >= 0.3 is 0 Å². The van der Waals surface area contributed by atoms with E-state index in [0.717, 1.165) is 0 Å². The lowest BCUT2D eigenvalue weighted by Gasteiger charge is -2.06. The van der Waals surface area contributed by atoms with Gasteiger partial charge in [-0.1, -0.05) is 6.92 Å². The first-order chi connectivity index (χ1) is 3.41. The first-order valence-electron chi connectivity index (χ1n) is 1.66. The van der Waals surface area contributed by atoms with Gasteiger partial charge in [0.1, 0.15) is 0 Å². The molecule has 0 aromatic carbocycles. The molecule has 14 N–H and O–H groups in total. The maximum absolute atomic E-state index is 8.93. The van der Waals surface area contributed by atoms with Crippen molar-refractivity contribution < 1.29 is 28.1 Å². The molecule has 0 rings (SSSR count). The maximum Gasteiger partial charge on any atom is 0.0311 e. The van der Waals surface area contributed by atoms with Crippen LogP contribution in [0.2, 0.25) is 0 Å². The summed E-state index contributed by atoms with van der Waals surface area (Å²) in [6.07, 6.45) is 0. The second-order valence-corrected chi connectivity index (χ2v) is 1.51. The second kappa shape index (κ2) is 22.4. The summed E-state index contributed by atoms with van der Waals surface area (Å²) in [5.41, 5.74) is 0. The molecule has 0 saturated carbocycles. The molecule has 0 aliphatic heterocycles. The lowest BCUT2D eigenvalue weighted by molar-refractivity contribution is -0.361. The van der Waals surface area contributed by atoms with E-state index < -0.39 is 10.4 Å². The lowest BCUT2D eigenvalue weighted by Crippen LogP contribution is -1.97. The van der Waals surface area contributed by atoms with Crippen LogP contribution in [0.5, 0.6) is 0 Å². The van der Waals surface area contributed by atoms with E-state index in [1.165, 1.54) is 0 Å². The Morgan fingerprint density at radius 1 is 1.08 bits per heavy atom. The quantitative estimate of drug-likeness (QED) is 0.314. The minimum atomic E-state index is -5.17. The molecule has 10 heteroatoms. The van der Waals surface area contributed by atoms with Crippen molar-refractivity contribution in [1.29, 1.82) is 0 Å². The highest BCUT2D eigenvalue weighted by Crippen LogP contribution is 1.57. The third-order valence-electron chi connectivity index (χ3n) is 0. The second-order valence-electron chi connectivity index (χ2n) is 0.697. The van der Waals surface area contributed by atoms with E-state index in [1.54, 1.807) is 6.92 Å². The summed E-state index contributed by atoms with van der Waals surface area (Å²) < 4.78 is 34.1. The predicted octanol–water partition coefficient (Wildman–Crippen LogP) is -1.67. The van der Waals surface area contributed by atoms with Gasteiger partial charge in [0.2, 0.25) is 0 Å². The van der Waals surface area contributed by atoms with Crippen LogP contribution >= 0.6 is 0 Å². The minimum absolute atomic E-state index is 0. The molecule has 0 aliphatic rings. The summed E-state index contributed by atoms with van der Waals surface area (Å²) >= 11 is 0. The topological polar surface area (TPSA) is 244 Å². The SMILES string of the molecule is CC[O-].O.O=S(=O)([O-])[O-].[NH4+].[NH4+].[NH4+]. The summed E-state index contributed by atoms with van der Waals surface area (Å²) in [6.45, 7) is 1.57. The van der Waals surface area contributed by atoms with Crippen LogP contribution in [0.1, 0.15) is 6.92 Å². The van der Waals surface area contributed by atoms with Crippen LogP contribution in [0, 0.1) is 0 Å². The van der Waals surface area contributed by atoms with Gasteiger partial charge in [0, 0.05) is 10.4 Å². The number of quaternary nitrogens is 3. The molecule has 0 amide bonds. The van der Waals surface area contributed by atoms with E-state index in [-0.39, 0.29) is 30.5 Å². The van der Waals surface area contributed by atoms with Crippen LogP contribution in [0.15, 0.2) is 0 Å². The standard InChI is InChI=1S/C2H5O.3H3N.H2O4S.H2O/c1-2-3;;;;1-5(2,3)4;/h2H2,1H3;3*1H3;(H2,1,2,3,4);1H2/q-1;;;;;/p+1. The normalized spacial score (nSPS) is 6.33. The summed E-state index contributed by atoms with van der Waals surface area (Å²) in [6, 6.07) is 0. The Kier molecular flexibility index (Phi) is 77.2. The highest BCUT2D eigenvalue weighted by molar-refractivity contribution is 7.79. The number of hydrogen-bond acceptors (Lipinski definition) is 5. The lowest BCUT2D eigenvalue weighted by atomic mass is 10.9. The fourth-order valence-corrected chi connectivity index (χ4v) is 0. The third-order valence-corrected chi connectivity index (χ3v) is 0. The monoisotopic (exact) mass is 213 g/mol. The van der Waals surface area contributed by atoms with E-state index in [0.29, 0.717) is 0 Å². The molecule has 0 aliphatic carbocycles. The Labute approximate surface area is 71.4 Å². The number of rotatable bonds is 0. The summed E-state index contributed by atoms with van der Waals surface area (Å²) in [4.78, 5) is 0. The molecule has 9 nitrogen and oxygen atoms in total. The van der Waals surface area contributed by atoms with E-state index in [9.17, 15) is 0 Å². The largest absolute Gasteiger partial charge is 0.855 e. The average molecular weight is 213 g/mol. The first-order valence-corrected chi connectivity index (χ1v) is 3.00. The molecule has 12 heavy (non-hydrogen) atoms. The molecule has 0 heterocycles. The van der Waals surface area contributed by atoms with Crippen molar-refractivity contribution in [2.75, 3.05) is 6.61 Å². The Balaban J connectivity index is -0.0000000119. The van der Waals surface area contributed by atoms with Gasteiger partial charge in [-0.05, 0) is 0 Å². The first kappa shape index (κ1) is 41.3. The van der Waals surface area contributed by atoms with Crippen molar-refractivity contribution in [3.8, 4) is 0 Å². The highest BCUT2D eigenvalue weighted by Gasteiger charge is 1.49. The Morgan fingerprint density at radius 3 is 1.08 bits per heavy atom. The molecule has 0 saturated heterocycles. The predicted molar refractivity (Wildman–Crippen MR) is 42.6 cm³/mol. The third kappa shape index (κ3) is 6670. The van der Waals surface area contributed by atoms with Crippen molar-refractivity contribution in [2.45, 2.75) is 6.92 Å². The number of hydrogen-bond donors (Lipinski definition) is 3. The van der Waals surface area contributed by atoms with E-state index in [4.69, 9.17) is 22.6 Å². The zero-order chi connectivity index (χ0) is 7.21. The van der Waals surface area contributed by atoms with Crippen LogP contribution in [0.4, 0.5) is 0 Å². The van der Waals surface area contributed by atoms with Crippen molar-refractivity contribution in [2.24, 2.45) is 0 Å². The van der Waals surface area contributed by atoms with Crippen LogP contribution in [0.25, 0.3) is 0 Å². The van der Waals surface area contributed by atoms with Gasteiger partial charge in [0.25, 0.3) is 0 Å². The summed E-state index contributed by atoms with van der Waals surface area (Å²) in [5.74, 6) is 0. The molecule has 0 aromatic rings. The molecular formula is C2H19N3O6S. The van der Waals surface area contributed by atoms with Crippen molar-refractivity contribution in [3.63, 3.8) is 0 Å². The smallest absolute Gasteiger partial charge is 0.0311 e. The molecule has 0 fully saturated rings. The van der Waals surface area contributed by atoms with Crippen molar-refractivity contribution >= 4 is 10.4 Å². The van der Waals surface area contributed by atoms with E-state index in [1.807, 2.05) is 0 Å². The van der Waals surface area contributed by atoms with Crippen LogP contribution in [0.3, 0.4) is 0 Å². The molecule has 0 aromatic heterocycles. The zero-order valence-electron chi connectivity index (χ0n) is 7.66. The summed E-state index contributed by atoms with van der Waals surface area (Å²) in [7, 11) is -5.17. The van der Waals surface area contributed by atoms with Gasteiger partial charge in [-0.25, -0.2) is 0 Å². The van der Waals surface area contributed by atoms with E-state index in [2.05, 4.69) is 0 Å². The molecule has 0 bridgehead atoms. The molecular weight excluding hydrogens is 194 g/mol. The maximum atomic E-state index is 8.93. The Hall–Kier alpha value is -0.330. The molecule has 0 atom stereocenters. The average Bonchev–Trinajstić information content (AvgIpc) is 1.27. The van der Waals surface area contributed by atoms with Gasteiger partial charge in [0.05, 0.1) is 0 Å². The van der Waals surface area contributed by atoms with Crippen molar-refractivity contribution in [1.82, 2.24) is 18.5 Å². The van der Waals surface area contributed by atoms with Crippen molar-refractivity contribution in [3.05, 3.63) is 0 Å². The van der Waals surface area contributed by atoms with Gasteiger partial charge in [0.15, 0.2) is 0 Å².